The zero-order valence-electron chi connectivity index (χ0n) is 18.4. The van der Waals surface area contributed by atoms with Crippen molar-refractivity contribution < 1.29 is 4.39 Å². The zero-order chi connectivity index (χ0) is 22.5. The van der Waals surface area contributed by atoms with E-state index in [9.17, 15) is 4.39 Å². The summed E-state index contributed by atoms with van der Waals surface area (Å²) in [5.74, 6) is 0.168. The summed E-state index contributed by atoms with van der Waals surface area (Å²) in [4.78, 5) is 17.3. The van der Waals surface area contributed by atoms with Gasteiger partial charge in [0.15, 0.2) is 0 Å². The maximum Gasteiger partial charge on any atom is 0.223 e. The highest BCUT2D eigenvalue weighted by Gasteiger charge is 2.14. The monoisotopic (exact) mass is 433 g/mol. The number of fused-ring (bicyclic) bond motifs is 1. The van der Waals surface area contributed by atoms with Crippen molar-refractivity contribution in [2.45, 2.75) is 45.1 Å². The molecular formula is C24H28FN7. The number of halogens is 1. The van der Waals surface area contributed by atoms with Crippen molar-refractivity contribution in [3.63, 3.8) is 0 Å². The van der Waals surface area contributed by atoms with Gasteiger partial charge in [-0.15, -0.1) is 0 Å². The fourth-order valence-corrected chi connectivity index (χ4v) is 3.85. The molecule has 166 valence electrons. The Morgan fingerprint density at radius 3 is 2.53 bits per heavy atom. The average molecular weight is 434 g/mol. The van der Waals surface area contributed by atoms with Gasteiger partial charge in [0.1, 0.15) is 17.2 Å². The quantitative estimate of drug-likeness (QED) is 0.490. The van der Waals surface area contributed by atoms with Gasteiger partial charge in [-0.05, 0) is 49.6 Å². The van der Waals surface area contributed by atoms with E-state index >= 15 is 0 Å². The molecule has 4 aromatic rings. The molecule has 1 aliphatic rings. The molecule has 4 heterocycles. The Kier molecular flexibility index (Phi) is 6.70. The normalized spacial score (nSPS) is 14.1. The fourth-order valence-electron chi connectivity index (χ4n) is 3.85. The third kappa shape index (κ3) is 4.75. The van der Waals surface area contributed by atoms with Gasteiger partial charge in [0.05, 0.1) is 17.6 Å². The van der Waals surface area contributed by atoms with Crippen molar-refractivity contribution in [3.8, 4) is 22.6 Å². The van der Waals surface area contributed by atoms with Gasteiger partial charge in [-0.1, -0.05) is 19.3 Å². The van der Waals surface area contributed by atoms with Crippen LogP contribution in [-0.4, -0.2) is 37.4 Å². The van der Waals surface area contributed by atoms with Crippen molar-refractivity contribution >= 4 is 11.6 Å². The van der Waals surface area contributed by atoms with E-state index in [1.165, 1.54) is 38.2 Å². The number of anilines is 1. The summed E-state index contributed by atoms with van der Waals surface area (Å²) < 4.78 is 16.0. The van der Waals surface area contributed by atoms with Crippen LogP contribution in [-0.2, 0) is 0 Å². The number of rotatable bonds is 3. The van der Waals surface area contributed by atoms with E-state index in [0.717, 1.165) is 22.6 Å². The molecule has 8 heteroatoms. The van der Waals surface area contributed by atoms with Gasteiger partial charge in [0.25, 0.3) is 0 Å². The maximum absolute atomic E-state index is 14.1. The predicted octanol–water partition coefficient (Wildman–Crippen LogP) is 4.62. The van der Waals surface area contributed by atoms with Crippen molar-refractivity contribution in [2.24, 2.45) is 5.73 Å². The lowest BCUT2D eigenvalue weighted by atomic mass is 9.97. The van der Waals surface area contributed by atoms with E-state index in [-0.39, 0.29) is 5.82 Å². The van der Waals surface area contributed by atoms with E-state index in [0.29, 0.717) is 23.2 Å². The largest absolute Gasteiger partial charge is 0.357 e. The third-order valence-corrected chi connectivity index (χ3v) is 5.63. The second kappa shape index (κ2) is 9.82. The lowest BCUT2D eigenvalue weighted by molar-refractivity contribution is 0.441. The van der Waals surface area contributed by atoms with Gasteiger partial charge < -0.3 is 11.1 Å². The molecule has 1 saturated carbocycles. The standard InChI is InChI=1S/C18H15FN6.C6H13N/c1-11-8-23-18(20-2)24-16(11)14-9-22-15-6-5-12(10-25(14)15)17-13(19)4-3-7-21-17;7-6-4-2-1-3-5-6/h3-10H,1-2H3,(H,20,23,24);6H,1-5,7H2. The van der Waals surface area contributed by atoms with E-state index in [1.807, 2.05) is 29.7 Å². The first kappa shape index (κ1) is 21.8. The second-order valence-electron chi connectivity index (χ2n) is 8.00. The Balaban J connectivity index is 0.000000300. The number of nitrogens with zero attached hydrogens (tertiary/aromatic N) is 5. The van der Waals surface area contributed by atoms with Gasteiger partial charge in [0.2, 0.25) is 5.95 Å². The van der Waals surface area contributed by atoms with Crippen LogP contribution >= 0.6 is 0 Å². The Labute approximate surface area is 187 Å². The Hall–Kier alpha value is -3.39. The van der Waals surface area contributed by atoms with Crippen LogP contribution in [0.15, 0.2) is 49.1 Å². The van der Waals surface area contributed by atoms with E-state index in [2.05, 4.69) is 25.3 Å². The average Bonchev–Trinajstić information content (AvgIpc) is 3.24. The van der Waals surface area contributed by atoms with Crippen molar-refractivity contribution in [1.82, 2.24) is 24.3 Å². The van der Waals surface area contributed by atoms with Gasteiger partial charge in [-0.2, -0.15) is 0 Å². The number of hydrogen-bond donors (Lipinski definition) is 2. The maximum atomic E-state index is 14.1. The summed E-state index contributed by atoms with van der Waals surface area (Å²) in [6.45, 7) is 1.94. The Bertz CT molecular complexity index is 1200. The van der Waals surface area contributed by atoms with E-state index in [1.54, 1.807) is 31.7 Å². The molecular weight excluding hydrogens is 405 g/mol. The molecule has 0 unspecified atom stereocenters. The van der Waals surface area contributed by atoms with Crippen LogP contribution < -0.4 is 11.1 Å². The molecule has 0 amide bonds. The van der Waals surface area contributed by atoms with E-state index in [4.69, 9.17) is 5.73 Å². The molecule has 0 spiro atoms. The fraction of sp³-hybridized carbons (Fsp3) is 0.333. The molecule has 0 atom stereocenters. The molecule has 1 aliphatic carbocycles. The van der Waals surface area contributed by atoms with Gasteiger partial charge >= 0.3 is 0 Å². The SMILES string of the molecule is CNc1ncc(C)c(-c2cnc3ccc(-c4ncccc4F)cn23)n1.NC1CCCCC1. The Morgan fingerprint density at radius 1 is 1.03 bits per heavy atom. The number of pyridine rings is 2. The van der Waals surface area contributed by atoms with Crippen LogP contribution in [0.5, 0.6) is 0 Å². The molecule has 4 aromatic heterocycles. The minimum absolute atomic E-state index is 0.305. The van der Waals surface area contributed by atoms with Crippen LogP contribution in [0.2, 0.25) is 0 Å². The molecule has 1 fully saturated rings. The molecule has 0 bridgehead atoms. The van der Waals surface area contributed by atoms with Crippen LogP contribution in [0, 0.1) is 12.7 Å². The first-order valence-electron chi connectivity index (χ1n) is 10.9. The summed E-state index contributed by atoms with van der Waals surface area (Å²) in [6.07, 6.45) is 13.6. The zero-order valence-corrected chi connectivity index (χ0v) is 18.4. The van der Waals surface area contributed by atoms with Gasteiger partial charge in [0, 0.05) is 37.2 Å². The van der Waals surface area contributed by atoms with Gasteiger partial charge in [-0.3, -0.25) is 9.38 Å². The summed E-state index contributed by atoms with van der Waals surface area (Å²) in [5.41, 5.74) is 9.87. The van der Waals surface area contributed by atoms with Crippen LogP contribution in [0.4, 0.5) is 10.3 Å². The topological polar surface area (TPSA) is 94.0 Å². The third-order valence-electron chi connectivity index (χ3n) is 5.63. The Morgan fingerprint density at radius 2 is 1.84 bits per heavy atom. The first-order valence-corrected chi connectivity index (χ1v) is 10.9. The highest BCUT2D eigenvalue weighted by Crippen LogP contribution is 2.26. The lowest BCUT2D eigenvalue weighted by Crippen LogP contribution is -2.22. The highest BCUT2D eigenvalue weighted by atomic mass is 19.1. The molecule has 0 aromatic carbocycles. The molecule has 32 heavy (non-hydrogen) atoms. The summed E-state index contributed by atoms with van der Waals surface area (Å²) in [7, 11) is 1.77. The summed E-state index contributed by atoms with van der Waals surface area (Å²) in [5, 5.41) is 2.94. The number of nitrogens with two attached hydrogens (primary N) is 1. The van der Waals surface area contributed by atoms with Crippen LogP contribution in [0.1, 0.15) is 37.7 Å². The molecule has 7 nitrogen and oxygen atoms in total. The summed E-state index contributed by atoms with van der Waals surface area (Å²) >= 11 is 0. The number of aryl methyl sites for hydroxylation is 1. The van der Waals surface area contributed by atoms with E-state index < -0.39 is 0 Å². The molecule has 0 aliphatic heterocycles. The molecule has 0 radical (unpaired) electrons. The minimum Gasteiger partial charge on any atom is -0.357 e. The first-order chi connectivity index (χ1) is 15.6. The van der Waals surface area contributed by atoms with Crippen LogP contribution in [0.3, 0.4) is 0 Å². The number of aromatic nitrogens is 5. The molecule has 5 rings (SSSR count). The smallest absolute Gasteiger partial charge is 0.223 e. The lowest BCUT2D eigenvalue weighted by Gasteiger charge is -2.15. The second-order valence-corrected chi connectivity index (χ2v) is 8.00. The van der Waals surface area contributed by atoms with Crippen LogP contribution in [0.25, 0.3) is 28.3 Å². The number of imidazole rings is 1. The number of nitrogens with one attached hydrogen (secondary N) is 1. The molecule has 3 N–H and O–H groups in total. The molecule has 0 saturated heterocycles. The summed E-state index contributed by atoms with van der Waals surface area (Å²) in [6, 6.07) is 7.15. The number of hydrogen-bond acceptors (Lipinski definition) is 6. The highest BCUT2D eigenvalue weighted by molar-refractivity contribution is 5.68. The predicted molar refractivity (Wildman–Crippen MR) is 125 cm³/mol. The van der Waals surface area contributed by atoms with Gasteiger partial charge in [-0.25, -0.2) is 19.3 Å². The van der Waals surface area contributed by atoms with Crippen molar-refractivity contribution in [1.29, 1.82) is 0 Å². The van der Waals surface area contributed by atoms with Crippen molar-refractivity contribution in [3.05, 3.63) is 60.4 Å². The van der Waals surface area contributed by atoms with Crippen molar-refractivity contribution in [2.75, 3.05) is 12.4 Å². The minimum atomic E-state index is -0.362.